The van der Waals surface area contributed by atoms with Crippen LogP contribution in [0.3, 0.4) is 0 Å². The van der Waals surface area contributed by atoms with E-state index in [1.807, 2.05) is 0 Å². The Bertz CT molecular complexity index is 643. The number of carboxylic acid groups (broad SMARTS) is 1. The van der Waals surface area contributed by atoms with Crippen molar-refractivity contribution in [2.24, 2.45) is 0 Å². The third kappa shape index (κ3) is 2.69. The van der Waals surface area contributed by atoms with Gasteiger partial charge in [-0.1, -0.05) is 6.42 Å². The number of hydrogen-bond donors (Lipinski definition) is 1. The SMILES string of the molecule is O=C(O)C1COC2(CCCCC2)N1C(=O)c1ccc(F)c(F)c1. The molecule has 1 atom stereocenters. The molecule has 1 saturated carbocycles. The van der Waals surface area contributed by atoms with Gasteiger partial charge in [-0.3, -0.25) is 9.69 Å². The van der Waals surface area contributed by atoms with E-state index in [4.69, 9.17) is 4.74 Å². The summed E-state index contributed by atoms with van der Waals surface area (Å²) < 4.78 is 32.2. The Kier molecular flexibility index (Phi) is 4.06. The lowest BCUT2D eigenvalue weighted by atomic mass is 9.89. The second kappa shape index (κ2) is 5.88. The Balaban J connectivity index is 1.98. The highest BCUT2D eigenvalue weighted by Gasteiger charge is 2.53. The summed E-state index contributed by atoms with van der Waals surface area (Å²) in [5, 5.41) is 9.38. The number of aliphatic carboxylic acids is 1. The van der Waals surface area contributed by atoms with Crippen molar-refractivity contribution in [3.63, 3.8) is 0 Å². The highest BCUT2D eigenvalue weighted by Crippen LogP contribution is 2.41. The van der Waals surface area contributed by atoms with E-state index in [0.717, 1.165) is 37.5 Å². The Morgan fingerprint density at radius 1 is 1.17 bits per heavy atom. The van der Waals surface area contributed by atoms with Crippen molar-refractivity contribution in [2.45, 2.75) is 43.9 Å². The molecule has 1 saturated heterocycles. The van der Waals surface area contributed by atoms with Crippen molar-refractivity contribution in [1.82, 2.24) is 4.90 Å². The van der Waals surface area contributed by atoms with Gasteiger partial charge in [-0.05, 0) is 43.9 Å². The molecule has 2 fully saturated rings. The van der Waals surface area contributed by atoms with Crippen LogP contribution >= 0.6 is 0 Å². The molecule has 1 aromatic carbocycles. The first-order valence-electron chi connectivity index (χ1n) is 7.60. The summed E-state index contributed by atoms with van der Waals surface area (Å²) in [6.45, 7) is -0.0925. The largest absolute Gasteiger partial charge is 0.480 e. The fourth-order valence-corrected chi connectivity index (χ4v) is 3.43. The maximum absolute atomic E-state index is 13.4. The predicted molar refractivity (Wildman–Crippen MR) is 75.7 cm³/mol. The molecular formula is C16H17F2NO4. The Labute approximate surface area is 131 Å². The second-order valence-electron chi connectivity index (χ2n) is 5.98. The number of rotatable bonds is 2. The molecule has 7 heteroatoms. The molecule has 0 bridgehead atoms. The van der Waals surface area contributed by atoms with Gasteiger partial charge in [0.2, 0.25) is 0 Å². The minimum atomic E-state index is -1.16. The maximum atomic E-state index is 13.4. The molecule has 1 heterocycles. The average Bonchev–Trinajstić information content (AvgIpc) is 2.89. The molecular weight excluding hydrogens is 308 g/mol. The molecule has 1 spiro atoms. The van der Waals surface area contributed by atoms with Gasteiger partial charge in [0.1, 0.15) is 5.72 Å². The van der Waals surface area contributed by atoms with E-state index in [1.165, 1.54) is 4.90 Å². The molecule has 124 valence electrons. The van der Waals surface area contributed by atoms with Crippen LogP contribution in [0.2, 0.25) is 0 Å². The van der Waals surface area contributed by atoms with E-state index in [1.54, 1.807) is 0 Å². The van der Waals surface area contributed by atoms with Crippen molar-refractivity contribution < 1.29 is 28.2 Å². The van der Waals surface area contributed by atoms with Gasteiger partial charge in [-0.2, -0.15) is 0 Å². The first-order valence-corrected chi connectivity index (χ1v) is 7.60. The monoisotopic (exact) mass is 325 g/mol. The lowest BCUT2D eigenvalue weighted by Gasteiger charge is -2.41. The maximum Gasteiger partial charge on any atom is 0.328 e. The summed E-state index contributed by atoms with van der Waals surface area (Å²) in [5.74, 6) is -4.00. The van der Waals surface area contributed by atoms with Crippen LogP contribution in [0, 0.1) is 11.6 Å². The predicted octanol–water partition coefficient (Wildman–Crippen LogP) is 2.55. The summed E-state index contributed by atoms with van der Waals surface area (Å²) in [6.07, 6.45) is 3.75. The lowest BCUT2D eigenvalue weighted by Crippen LogP contribution is -2.54. The molecule has 2 aliphatic rings. The third-order valence-electron chi connectivity index (χ3n) is 4.57. The summed E-state index contributed by atoms with van der Waals surface area (Å²) in [5.41, 5.74) is -1.03. The van der Waals surface area contributed by atoms with Crippen LogP contribution in [0.15, 0.2) is 18.2 Å². The molecule has 23 heavy (non-hydrogen) atoms. The summed E-state index contributed by atoms with van der Waals surface area (Å²) in [4.78, 5) is 25.5. The minimum absolute atomic E-state index is 0.0781. The zero-order valence-corrected chi connectivity index (χ0v) is 12.4. The fourth-order valence-electron chi connectivity index (χ4n) is 3.43. The van der Waals surface area contributed by atoms with Crippen molar-refractivity contribution in [3.8, 4) is 0 Å². The van der Waals surface area contributed by atoms with Gasteiger partial charge >= 0.3 is 5.97 Å². The van der Waals surface area contributed by atoms with Crippen molar-refractivity contribution in [1.29, 1.82) is 0 Å². The topological polar surface area (TPSA) is 66.8 Å². The molecule has 3 rings (SSSR count). The number of carbonyl (C=O) groups is 2. The first-order chi connectivity index (χ1) is 10.9. The minimum Gasteiger partial charge on any atom is -0.480 e. The van der Waals surface area contributed by atoms with Crippen LogP contribution in [0.25, 0.3) is 0 Å². The van der Waals surface area contributed by atoms with Crippen LogP contribution in [-0.4, -0.2) is 40.3 Å². The van der Waals surface area contributed by atoms with Crippen LogP contribution < -0.4 is 0 Å². The Hall–Kier alpha value is -2.02. The lowest BCUT2D eigenvalue weighted by molar-refractivity contribution is -0.143. The highest BCUT2D eigenvalue weighted by atomic mass is 19.2. The van der Waals surface area contributed by atoms with Crippen molar-refractivity contribution in [2.75, 3.05) is 6.61 Å². The molecule has 1 amide bonds. The molecule has 1 unspecified atom stereocenters. The standard InChI is InChI=1S/C16H17F2NO4/c17-11-5-4-10(8-12(11)18)14(20)19-13(15(21)22)9-23-16(19)6-2-1-3-7-16/h4-5,8,13H,1-3,6-7,9H2,(H,21,22). The number of nitrogens with zero attached hydrogens (tertiary/aromatic N) is 1. The Morgan fingerprint density at radius 3 is 2.48 bits per heavy atom. The van der Waals surface area contributed by atoms with Gasteiger partial charge < -0.3 is 9.84 Å². The number of amides is 1. The van der Waals surface area contributed by atoms with Crippen LogP contribution in [0.4, 0.5) is 8.78 Å². The number of carbonyl (C=O) groups excluding carboxylic acids is 1. The normalized spacial score (nSPS) is 23.2. The van der Waals surface area contributed by atoms with E-state index >= 15 is 0 Å². The highest BCUT2D eigenvalue weighted by molar-refractivity contribution is 5.97. The van der Waals surface area contributed by atoms with Crippen molar-refractivity contribution >= 4 is 11.9 Å². The fraction of sp³-hybridized carbons (Fsp3) is 0.500. The van der Waals surface area contributed by atoms with Crippen LogP contribution in [-0.2, 0) is 9.53 Å². The zero-order chi connectivity index (χ0) is 16.6. The number of ether oxygens (including phenoxy) is 1. The van der Waals surface area contributed by atoms with Gasteiger partial charge in [0.05, 0.1) is 6.61 Å². The van der Waals surface area contributed by atoms with E-state index in [9.17, 15) is 23.5 Å². The summed E-state index contributed by atoms with van der Waals surface area (Å²) in [6, 6.07) is 1.71. The van der Waals surface area contributed by atoms with Gasteiger partial charge in [-0.15, -0.1) is 0 Å². The Morgan fingerprint density at radius 2 is 1.87 bits per heavy atom. The zero-order valence-electron chi connectivity index (χ0n) is 12.4. The second-order valence-corrected chi connectivity index (χ2v) is 5.98. The van der Waals surface area contributed by atoms with Crippen molar-refractivity contribution in [3.05, 3.63) is 35.4 Å². The van der Waals surface area contributed by atoms with Gasteiger partial charge in [0, 0.05) is 5.56 Å². The van der Waals surface area contributed by atoms with Crippen LogP contribution in [0.1, 0.15) is 42.5 Å². The van der Waals surface area contributed by atoms with Gasteiger partial charge in [0.15, 0.2) is 17.7 Å². The molecule has 0 radical (unpaired) electrons. The molecule has 1 aliphatic carbocycles. The number of hydrogen-bond acceptors (Lipinski definition) is 3. The average molecular weight is 325 g/mol. The molecule has 1 aliphatic heterocycles. The van der Waals surface area contributed by atoms with Gasteiger partial charge in [-0.25, -0.2) is 13.6 Å². The molecule has 0 aromatic heterocycles. The van der Waals surface area contributed by atoms with E-state index in [0.29, 0.717) is 12.8 Å². The summed E-state index contributed by atoms with van der Waals surface area (Å²) in [7, 11) is 0. The molecule has 5 nitrogen and oxygen atoms in total. The smallest absolute Gasteiger partial charge is 0.328 e. The molecule has 1 N–H and O–H groups in total. The quantitative estimate of drug-likeness (QED) is 0.907. The summed E-state index contributed by atoms with van der Waals surface area (Å²) >= 11 is 0. The number of benzene rings is 1. The first kappa shape index (κ1) is 15.9. The van der Waals surface area contributed by atoms with E-state index < -0.39 is 35.3 Å². The number of carboxylic acids is 1. The third-order valence-corrected chi connectivity index (χ3v) is 4.57. The van der Waals surface area contributed by atoms with Gasteiger partial charge in [0.25, 0.3) is 5.91 Å². The van der Waals surface area contributed by atoms with Crippen LogP contribution in [0.5, 0.6) is 0 Å². The number of halogens is 2. The molecule has 1 aromatic rings. The van der Waals surface area contributed by atoms with E-state index in [2.05, 4.69) is 0 Å². The van der Waals surface area contributed by atoms with E-state index in [-0.39, 0.29) is 12.2 Å².